The SMILES string of the molecule is CC(C)C[C@@H]1NC(=O)[C@@H](N)CCCCNC(=O)C[C@@H](C(=O)NC(CCCNC(=N)N)C(=O)c2nc3ccccc3s2)NC1=O. The highest BCUT2D eigenvalue weighted by Gasteiger charge is 2.33. The van der Waals surface area contributed by atoms with E-state index in [1.54, 1.807) is 6.07 Å². The van der Waals surface area contributed by atoms with E-state index in [9.17, 15) is 24.0 Å². The monoisotopic (exact) mass is 629 g/mol. The Balaban J connectivity index is 1.85. The van der Waals surface area contributed by atoms with Crippen LogP contribution in [-0.2, 0) is 19.2 Å². The number of benzene rings is 1. The lowest BCUT2D eigenvalue weighted by molar-refractivity contribution is -0.134. The molecule has 2 aromatic rings. The molecule has 10 N–H and O–H groups in total. The summed E-state index contributed by atoms with van der Waals surface area (Å²) in [5, 5.41) is 21.1. The van der Waals surface area contributed by atoms with Gasteiger partial charge in [-0.15, -0.1) is 11.3 Å². The van der Waals surface area contributed by atoms with Gasteiger partial charge >= 0.3 is 0 Å². The maximum absolute atomic E-state index is 13.7. The maximum atomic E-state index is 13.7. The van der Waals surface area contributed by atoms with Gasteiger partial charge in [-0.2, -0.15) is 0 Å². The molecule has 240 valence electrons. The van der Waals surface area contributed by atoms with E-state index in [1.807, 2.05) is 32.0 Å². The minimum absolute atomic E-state index is 0.0242. The van der Waals surface area contributed by atoms with Crippen LogP contribution in [0.4, 0.5) is 0 Å². The smallest absolute Gasteiger partial charge is 0.243 e. The molecule has 1 aromatic heterocycles. The third kappa shape index (κ3) is 10.6. The summed E-state index contributed by atoms with van der Waals surface area (Å²) < 4.78 is 0.812. The van der Waals surface area contributed by atoms with E-state index in [1.165, 1.54) is 11.3 Å². The van der Waals surface area contributed by atoms with E-state index in [0.29, 0.717) is 37.7 Å². The van der Waals surface area contributed by atoms with Gasteiger partial charge in [-0.3, -0.25) is 29.4 Å². The molecule has 44 heavy (non-hydrogen) atoms. The van der Waals surface area contributed by atoms with Gasteiger partial charge in [-0.1, -0.05) is 26.0 Å². The number of hydrogen-bond donors (Lipinski definition) is 8. The fourth-order valence-corrected chi connectivity index (χ4v) is 5.73. The van der Waals surface area contributed by atoms with E-state index in [4.69, 9.17) is 16.9 Å². The van der Waals surface area contributed by atoms with Crippen molar-refractivity contribution in [3.63, 3.8) is 0 Å². The number of guanidine groups is 1. The van der Waals surface area contributed by atoms with Crippen molar-refractivity contribution in [2.75, 3.05) is 13.1 Å². The van der Waals surface area contributed by atoms with Crippen molar-refractivity contribution in [3.05, 3.63) is 29.3 Å². The number of carbonyl (C=O) groups excluding carboxylic acids is 5. The van der Waals surface area contributed by atoms with Gasteiger partial charge in [-0.25, -0.2) is 4.98 Å². The first kappa shape index (κ1) is 34.4. The fraction of sp³-hybridized carbons (Fsp3) is 0.552. The van der Waals surface area contributed by atoms with Gasteiger partial charge in [0.05, 0.1) is 28.7 Å². The van der Waals surface area contributed by atoms with Gasteiger partial charge in [0.1, 0.15) is 12.1 Å². The predicted molar refractivity (Wildman–Crippen MR) is 168 cm³/mol. The molecule has 0 radical (unpaired) electrons. The molecular formula is C29H43N9O5S. The van der Waals surface area contributed by atoms with Crippen LogP contribution in [0.25, 0.3) is 10.2 Å². The molecule has 0 bridgehead atoms. The summed E-state index contributed by atoms with van der Waals surface area (Å²) in [4.78, 5) is 70.7. The Morgan fingerprint density at radius 2 is 1.89 bits per heavy atom. The van der Waals surface area contributed by atoms with E-state index >= 15 is 0 Å². The van der Waals surface area contributed by atoms with Crippen LogP contribution >= 0.6 is 11.3 Å². The lowest BCUT2D eigenvalue weighted by Gasteiger charge is -2.26. The van der Waals surface area contributed by atoms with Crippen molar-refractivity contribution in [3.8, 4) is 0 Å². The largest absolute Gasteiger partial charge is 0.370 e. The Labute approximate surface area is 260 Å². The predicted octanol–water partition coefficient (Wildman–Crippen LogP) is 0.260. The Morgan fingerprint density at radius 1 is 1.14 bits per heavy atom. The van der Waals surface area contributed by atoms with Gasteiger partial charge in [0, 0.05) is 13.1 Å². The number of fused-ring (bicyclic) bond motifs is 1. The molecule has 1 unspecified atom stereocenters. The second kappa shape index (κ2) is 16.7. The minimum Gasteiger partial charge on any atom is -0.370 e. The summed E-state index contributed by atoms with van der Waals surface area (Å²) in [5.41, 5.74) is 12.1. The van der Waals surface area contributed by atoms with Crippen LogP contribution in [-0.4, -0.2) is 77.6 Å². The average Bonchev–Trinajstić information content (AvgIpc) is 3.40. The molecule has 1 fully saturated rings. The van der Waals surface area contributed by atoms with Crippen molar-refractivity contribution < 1.29 is 24.0 Å². The minimum atomic E-state index is -1.33. The average molecular weight is 630 g/mol. The number of amides is 4. The number of aromatic nitrogens is 1. The molecule has 1 aliphatic heterocycles. The molecule has 0 spiro atoms. The molecule has 3 rings (SSSR count). The molecule has 1 aliphatic rings. The summed E-state index contributed by atoms with van der Waals surface area (Å²) in [5.74, 6) is -2.89. The van der Waals surface area contributed by atoms with Crippen LogP contribution in [0.3, 0.4) is 0 Å². The van der Waals surface area contributed by atoms with Gasteiger partial charge in [0.25, 0.3) is 0 Å². The van der Waals surface area contributed by atoms with Crippen molar-refractivity contribution in [2.24, 2.45) is 17.4 Å². The Morgan fingerprint density at radius 3 is 2.59 bits per heavy atom. The number of carbonyl (C=O) groups is 5. The molecule has 4 atom stereocenters. The maximum Gasteiger partial charge on any atom is 0.243 e. The van der Waals surface area contributed by atoms with Crippen molar-refractivity contribution in [1.29, 1.82) is 5.41 Å². The first-order valence-electron chi connectivity index (χ1n) is 14.9. The number of nitrogens with one attached hydrogen (secondary N) is 6. The number of para-hydroxylation sites is 1. The topological polar surface area (TPSA) is 234 Å². The summed E-state index contributed by atoms with van der Waals surface area (Å²) in [6.07, 6.45) is 2.04. The number of ketones is 1. The lowest BCUT2D eigenvalue weighted by Crippen LogP contribution is -2.58. The molecule has 15 heteroatoms. The third-order valence-electron chi connectivity index (χ3n) is 7.09. The van der Waals surface area contributed by atoms with Crippen LogP contribution in [0, 0.1) is 11.3 Å². The lowest BCUT2D eigenvalue weighted by atomic mass is 10.0. The van der Waals surface area contributed by atoms with Gasteiger partial charge in [0.2, 0.25) is 29.4 Å². The number of Topliss-reactive ketones (excluding diaryl/α,β-unsaturated/α-hetero) is 1. The summed E-state index contributed by atoms with van der Waals surface area (Å²) in [6, 6.07) is 3.12. The molecule has 0 aliphatic carbocycles. The zero-order chi connectivity index (χ0) is 32.2. The molecule has 1 saturated heterocycles. The molecule has 14 nitrogen and oxygen atoms in total. The number of nitrogens with zero attached hydrogens (tertiary/aromatic N) is 1. The number of rotatable bonds is 10. The number of thiazole rings is 1. The zero-order valence-corrected chi connectivity index (χ0v) is 25.9. The van der Waals surface area contributed by atoms with E-state index in [-0.39, 0.29) is 42.7 Å². The Kier molecular flexibility index (Phi) is 13.0. The highest BCUT2D eigenvalue weighted by Crippen LogP contribution is 2.23. The Hall–Kier alpha value is -4.11. The van der Waals surface area contributed by atoms with Crippen LogP contribution in [0.5, 0.6) is 0 Å². The van der Waals surface area contributed by atoms with E-state index < -0.39 is 53.6 Å². The second-order valence-corrected chi connectivity index (χ2v) is 12.3. The second-order valence-electron chi connectivity index (χ2n) is 11.3. The first-order chi connectivity index (χ1) is 20.9. The van der Waals surface area contributed by atoms with E-state index in [2.05, 4.69) is 31.6 Å². The van der Waals surface area contributed by atoms with Crippen molar-refractivity contribution in [2.45, 2.75) is 83.0 Å². The number of nitrogens with two attached hydrogens (primary N) is 2. The molecule has 1 aromatic carbocycles. The van der Waals surface area contributed by atoms with Crippen molar-refractivity contribution in [1.82, 2.24) is 31.6 Å². The fourth-order valence-electron chi connectivity index (χ4n) is 4.77. The number of hydrogen-bond acceptors (Lipinski definition) is 9. The van der Waals surface area contributed by atoms with E-state index in [0.717, 1.165) is 4.70 Å². The Bertz CT molecular complexity index is 1310. The summed E-state index contributed by atoms with van der Waals surface area (Å²) >= 11 is 1.20. The van der Waals surface area contributed by atoms with Crippen LogP contribution in [0.2, 0.25) is 0 Å². The molecular weight excluding hydrogens is 586 g/mol. The first-order valence-corrected chi connectivity index (χ1v) is 15.7. The molecule has 2 heterocycles. The molecule has 4 amide bonds. The van der Waals surface area contributed by atoms with Crippen LogP contribution in [0.15, 0.2) is 24.3 Å². The highest BCUT2D eigenvalue weighted by molar-refractivity contribution is 7.20. The molecule has 0 saturated carbocycles. The standard InChI is InChI=1S/C29H43N9O5S/c1-16(2)14-20-26(42)37-21(15-23(39)33-12-6-5-8-17(30)25(41)36-20)27(43)35-19(10-7-13-34-29(31)32)24(40)28-38-18-9-3-4-11-22(18)44-28/h3-4,9,11,16-17,19-21H,5-8,10,12-15,30H2,1-2H3,(H,33,39)(H,35,43)(H,36,41)(H,37,42)(H4,31,32,34)/t17-,19?,20-,21-/m0/s1. The normalized spacial score (nSPS) is 21.0. The van der Waals surface area contributed by atoms with Crippen LogP contribution < -0.4 is 38.1 Å². The summed E-state index contributed by atoms with van der Waals surface area (Å²) in [7, 11) is 0. The van der Waals surface area contributed by atoms with Gasteiger partial charge in [-0.05, 0) is 56.6 Å². The highest BCUT2D eigenvalue weighted by atomic mass is 32.1. The van der Waals surface area contributed by atoms with Gasteiger partial charge in [0.15, 0.2) is 11.0 Å². The quantitative estimate of drug-likeness (QED) is 0.0778. The van der Waals surface area contributed by atoms with Crippen molar-refractivity contribution >= 4 is 56.9 Å². The third-order valence-corrected chi connectivity index (χ3v) is 8.14. The van der Waals surface area contributed by atoms with Crippen LogP contribution in [0.1, 0.15) is 68.6 Å². The zero-order valence-electron chi connectivity index (χ0n) is 25.1. The van der Waals surface area contributed by atoms with Gasteiger partial charge < -0.3 is 38.1 Å². The summed E-state index contributed by atoms with van der Waals surface area (Å²) in [6.45, 7) is 4.38.